The van der Waals surface area contributed by atoms with E-state index < -0.39 is 0 Å². The van der Waals surface area contributed by atoms with Gasteiger partial charge in [-0.2, -0.15) is 0 Å². The molecule has 2 fully saturated rings. The Morgan fingerprint density at radius 2 is 2.50 bits per heavy atom. The molecule has 0 radical (unpaired) electrons. The van der Waals surface area contributed by atoms with Crippen molar-refractivity contribution in [1.82, 2.24) is 10.2 Å². The van der Waals surface area contributed by atoms with Crippen molar-refractivity contribution < 1.29 is 1.43 Å². The summed E-state index contributed by atoms with van der Waals surface area (Å²) in [5.41, 5.74) is 0. The Bertz CT molecular complexity index is 95.2. The lowest BCUT2D eigenvalue weighted by atomic mass is 9.96. The highest BCUT2D eigenvalue weighted by atomic mass is 15.2. The lowest BCUT2D eigenvalue weighted by Gasteiger charge is -2.30. The minimum Gasteiger partial charge on any atom is -0.312 e. The number of likely N-dealkylation sites (N-methyl/N-ethyl adjacent to an activating group) is 1. The Morgan fingerprint density at radius 3 is 2.75 bits per heavy atom. The van der Waals surface area contributed by atoms with Crippen LogP contribution in [0.1, 0.15) is 1.43 Å². The van der Waals surface area contributed by atoms with Crippen LogP contribution in [0, 0.1) is 5.92 Å². The number of likely N-dealkylation sites (tertiary alicyclic amines) is 1. The van der Waals surface area contributed by atoms with E-state index in [9.17, 15) is 0 Å². The molecule has 0 spiro atoms. The van der Waals surface area contributed by atoms with Crippen LogP contribution in [0.25, 0.3) is 0 Å². The summed E-state index contributed by atoms with van der Waals surface area (Å²) >= 11 is 0. The van der Waals surface area contributed by atoms with Crippen LogP contribution < -0.4 is 5.32 Å². The van der Waals surface area contributed by atoms with Gasteiger partial charge in [0.05, 0.1) is 0 Å². The van der Waals surface area contributed by atoms with E-state index in [1.165, 1.54) is 19.6 Å². The number of fused-ring (bicyclic) bond motifs is 1. The van der Waals surface area contributed by atoms with E-state index in [1.807, 2.05) is 0 Å². The van der Waals surface area contributed by atoms with Crippen LogP contribution in [0.2, 0.25) is 0 Å². The van der Waals surface area contributed by atoms with Crippen LogP contribution in [0.4, 0.5) is 0 Å². The Hall–Kier alpha value is -0.0800. The molecule has 2 aliphatic rings. The molecule has 2 nitrogen and oxygen atoms in total. The molecule has 0 aliphatic carbocycles. The third-order valence-corrected chi connectivity index (χ3v) is 2.27. The normalized spacial score (nSPS) is 46.1. The lowest BCUT2D eigenvalue weighted by Crippen LogP contribution is -2.51. The number of rotatable bonds is 0. The minimum absolute atomic E-state index is 0. The third kappa shape index (κ3) is 0.501. The highest BCUT2D eigenvalue weighted by Crippen LogP contribution is 2.21. The van der Waals surface area contributed by atoms with Crippen molar-refractivity contribution in [3.05, 3.63) is 0 Å². The van der Waals surface area contributed by atoms with E-state index in [1.54, 1.807) is 0 Å². The molecule has 2 atom stereocenters. The number of hydrogen-bond acceptors (Lipinski definition) is 2. The highest BCUT2D eigenvalue weighted by Gasteiger charge is 2.36. The largest absolute Gasteiger partial charge is 0.312 e. The van der Waals surface area contributed by atoms with Crippen molar-refractivity contribution in [2.24, 2.45) is 5.92 Å². The smallest absolute Gasteiger partial charge is 0.0247 e. The SMILES string of the molecule is CN1C[C@H]2CN[C@H]2C1.[HH]. The van der Waals surface area contributed by atoms with Crippen molar-refractivity contribution in [2.75, 3.05) is 26.7 Å². The maximum atomic E-state index is 3.40. The Balaban J connectivity index is 0.000000405. The summed E-state index contributed by atoms with van der Waals surface area (Å²) in [5.74, 6) is 0.986. The molecule has 0 unspecified atom stereocenters. The topological polar surface area (TPSA) is 15.3 Å². The predicted octanol–water partition coefficient (Wildman–Crippen LogP) is -0.234. The second-order valence-electron chi connectivity index (χ2n) is 3.00. The van der Waals surface area contributed by atoms with Crippen LogP contribution in [0.5, 0.6) is 0 Å². The average Bonchev–Trinajstić information content (AvgIpc) is 1.91. The van der Waals surface area contributed by atoms with Gasteiger partial charge < -0.3 is 10.2 Å². The van der Waals surface area contributed by atoms with Gasteiger partial charge in [-0.15, -0.1) is 0 Å². The summed E-state index contributed by atoms with van der Waals surface area (Å²) in [6.07, 6.45) is 0. The van der Waals surface area contributed by atoms with Gasteiger partial charge in [-0.05, 0) is 7.05 Å². The van der Waals surface area contributed by atoms with Crippen molar-refractivity contribution >= 4 is 0 Å². The van der Waals surface area contributed by atoms with Gasteiger partial charge in [-0.25, -0.2) is 0 Å². The Kier molecular flexibility index (Phi) is 0.866. The van der Waals surface area contributed by atoms with E-state index in [0.29, 0.717) is 0 Å². The van der Waals surface area contributed by atoms with E-state index in [2.05, 4.69) is 17.3 Å². The first-order valence-corrected chi connectivity index (χ1v) is 3.28. The molecule has 8 heavy (non-hydrogen) atoms. The molecule has 2 saturated heterocycles. The fourth-order valence-electron chi connectivity index (χ4n) is 1.67. The summed E-state index contributed by atoms with van der Waals surface area (Å²) in [7, 11) is 2.19. The summed E-state index contributed by atoms with van der Waals surface area (Å²) in [6, 6.07) is 0.847. The molecule has 0 aromatic rings. The van der Waals surface area contributed by atoms with Gasteiger partial charge in [0, 0.05) is 33.0 Å². The number of nitrogens with one attached hydrogen (secondary N) is 1. The average molecular weight is 114 g/mol. The van der Waals surface area contributed by atoms with Crippen molar-refractivity contribution in [1.29, 1.82) is 0 Å². The molecule has 0 aromatic carbocycles. The first kappa shape index (κ1) is 4.77. The lowest BCUT2D eigenvalue weighted by molar-refractivity contribution is 0.297. The fourth-order valence-corrected chi connectivity index (χ4v) is 1.67. The molecular weight excluding hydrogens is 100 g/mol. The van der Waals surface area contributed by atoms with Crippen molar-refractivity contribution in [2.45, 2.75) is 6.04 Å². The van der Waals surface area contributed by atoms with E-state index in [4.69, 9.17) is 0 Å². The van der Waals surface area contributed by atoms with Crippen LogP contribution in [-0.2, 0) is 0 Å². The van der Waals surface area contributed by atoms with Crippen molar-refractivity contribution in [3.8, 4) is 0 Å². The van der Waals surface area contributed by atoms with Gasteiger partial charge in [0.25, 0.3) is 0 Å². The molecule has 48 valence electrons. The summed E-state index contributed by atoms with van der Waals surface area (Å²) < 4.78 is 0. The second kappa shape index (κ2) is 1.45. The van der Waals surface area contributed by atoms with Gasteiger partial charge in [0.15, 0.2) is 0 Å². The van der Waals surface area contributed by atoms with Gasteiger partial charge in [-0.3, -0.25) is 0 Å². The minimum atomic E-state index is 0. The van der Waals surface area contributed by atoms with E-state index in [0.717, 1.165) is 12.0 Å². The monoisotopic (exact) mass is 114 g/mol. The van der Waals surface area contributed by atoms with E-state index >= 15 is 0 Å². The first-order valence-electron chi connectivity index (χ1n) is 3.28. The summed E-state index contributed by atoms with van der Waals surface area (Å²) in [6.45, 7) is 3.84. The molecule has 2 aliphatic heterocycles. The Morgan fingerprint density at radius 1 is 1.62 bits per heavy atom. The standard InChI is InChI=1S/C6H12N2.H2/c1-8-3-5-2-7-6(5)4-8;/h5-7H,2-4H2,1H3;1H/t5-,6+;/m1./s1. The van der Waals surface area contributed by atoms with Gasteiger partial charge in [0.1, 0.15) is 0 Å². The predicted molar refractivity (Wildman–Crippen MR) is 34.9 cm³/mol. The van der Waals surface area contributed by atoms with Crippen molar-refractivity contribution in [3.63, 3.8) is 0 Å². The molecule has 2 heterocycles. The fraction of sp³-hybridized carbons (Fsp3) is 1.00. The maximum Gasteiger partial charge on any atom is 0.0247 e. The third-order valence-electron chi connectivity index (χ3n) is 2.27. The number of nitrogens with zero attached hydrogens (tertiary/aromatic N) is 1. The Labute approximate surface area is 51.3 Å². The van der Waals surface area contributed by atoms with Crippen LogP contribution in [0.15, 0.2) is 0 Å². The zero-order chi connectivity index (χ0) is 5.56. The van der Waals surface area contributed by atoms with Crippen LogP contribution in [0.3, 0.4) is 0 Å². The number of hydrogen-bond donors (Lipinski definition) is 1. The van der Waals surface area contributed by atoms with E-state index in [-0.39, 0.29) is 1.43 Å². The van der Waals surface area contributed by atoms with Gasteiger partial charge in [0.2, 0.25) is 0 Å². The van der Waals surface area contributed by atoms with Crippen LogP contribution in [-0.4, -0.2) is 37.6 Å². The second-order valence-corrected chi connectivity index (χ2v) is 3.00. The molecule has 2 heteroatoms. The van der Waals surface area contributed by atoms with Gasteiger partial charge >= 0.3 is 0 Å². The molecule has 0 amide bonds. The summed E-state index contributed by atoms with van der Waals surface area (Å²) in [5, 5.41) is 3.40. The molecule has 0 saturated carbocycles. The maximum absolute atomic E-state index is 3.40. The van der Waals surface area contributed by atoms with Crippen LogP contribution >= 0.6 is 0 Å². The molecule has 1 N–H and O–H groups in total. The van der Waals surface area contributed by atoms with Gasteiger partial charge in [-0.1, -0.05) is 0 Å². The molecule has 0 aromatic heterocycles. The molecule has 0 bridgehead atoms. The molecular formula is C6H14N2. The zero-order valence-electron chi connectivity index (χ0n) is 5.22. The quantitative estimate of drug-likeness (QED) is 0.468. The first-order chi connectivity index (χ1) is 3.86. The zero-order valence-corrected chi connectivity index (χ0v) is 5.22. The molecule has 2 rings (SSSR count). The summed E-state index contributed by atoms with van der Waals surface area (Å²) in [4.78, 5) is 2.40. The highest BCUT2D eigenvalue weighted by molar-refractivity contribution is 4.96.